The molecule has 1 unspecified atom stereocenters. The minimum atomic E-state index is -1.26. The molecule has 1 atom stereocenters. The zero-order chi connectivity index (χ0) is 4.57. The van der Waals surface area contributed by atoms with Crippen LogP contribution in [0.25, 0.3) is 0 Å². The van der Waals surface area contributed by atoms with Gasteiger partial charge in [0.1, 0.15) is 7.95 Å². The summed E-state index contributed by atoms with van der Waals surface area (Å²) in [5.41, 5.74) is 0. The lowest BCUT2D eigenvalue weighted by molar-refractivity contribution is 0.571. The fraction of sp³-hybridized carbons (Fsp3) is 1.00. The quantitative estimate of drug-likeness (QED) is 0.355. The minimum Gasteiger partial charge on any atom is -0.310 e. The molecule has 1 heterocycles. The van der Waals surface area contributed by atoms with Crippen molar-refractivity contribution in [1.29, 1.82) is 0 Å². The van der Waals surface area contributed by atoms with Crippen molar-refractivity contribution in [2.24, 2.45) is 0 Å². The summed E-state index contributed by atoms with van der Waals surface area (Å²) in [7, 11) is -1.26. The Bertz CT molecular complexity index is 78.9. The van der Waals surface area contributed by atoms with Gasteiger partial charge in [0, 0.05) is 13.1 Å². The first kappa shape index (κ1) is 4.35. The molecule has 0 N–H and O–H groups in total. The Hall–Kier alpha value is 0.190. The minimum absolute atomic E-state index is 1.06. The van der Waals surface area contributed by atoms with Gasteiger partial charge in [0.05, 0.1) is 0 Å². The normalized spacial score (nSPS) is 26.8. The van der Waals surface area contributed by atoms with Crippen molar-refractivity contribution in [1.82, 2.24) is 4.67 Å². The van der Waals surface area contributed by atoms with Crippen LogP contribution in [0, 0.1) is 0 Å². The monoisotopic (exact) mass is 105 g/mol. The fourth-order valence-corrected chi connectivity index (χ4v) is 1.09. The molecule has 0 spiro atoms. The van der Waals surface area contributed by atoms with Gasteiger partial charge in [0.2, 0.25) is 0 Å². The van der Waals surface area contributed by atoms with Gasteiger partial charge in [-0.1, -0.05) is 0 Å². The average Bonchev–Trinajstić information content (AvgIpc) is 2.06. The molecule has 0 aromatic rings. The van der Waals surface area contributed by atoms with Crippen molar-refractivity contribution in [3.05, 3.63) is 0 Å². The van der Waals surface area contributed by atoms with E-state index in [2.05, 4.69) is 0 Å². The molecule has 1 rings (SSSR count). The van der Waals surface area contributed by atoms with Crippen LogP contribution in [0.3, 0.4) is 0 Å². The van der Waals surface area contributed by atoms with E-state index in [1.807, 2.05) is 4.67 Å². The molecule has 0 saturated carbocycles. The molecule has 1 aliphatic heterocycles. The van der Waals surface area contributed by atoms with Crippen LogP contribution in [0.5, 0.6) is 0 Å². The first-order valence-electron chi connectivity index (χ1n) is 2.06. The highest BCUT2D eigenvalue weighted by Crippen LogP contribution is 2.28. The molecule has 36 valence electrons. The third-order valence-electron chi connectivity index (χ3n) is 0.893. The van der Waals surface area contributed by atoms with E-state index in [4.69, 9.17) is 0 Å². The second-order valence-electron chi connectivity index (χ2n) is 1.51. The molecule has 0 radical (unpaired) electrons. The Kier molecular flexibility index (Phi) is 0.985. The van der Waals surface area contributed by atoms with Crippen molar-refractivity contribution >= 4 is 7.95 Å². The summed E-state index contributed by atoms with van der Waals surface area (Å²) in [6.07, 6.45) is 0. The van der Waals surface area contributed by atoms with E-state index >= 15 is 0 Å². The summed E-state index contributed by atoms with van der Waals surface area (Å²) >= 11 is 0. The van der Waals surface area contributed by atoms with E-state index in [1.54, 1.807) is 6.66 Å². The Balaban J connectivity index is 2.31. The molecule has 1 saturated heterocycles. The van der Waals surface area contributed by atoms with Gasteiger partial charge in [-0.05, 0) is 6.66 Å². The van der Waals surface area contributed by atoms with Crippen LogP contribution >= 0.6 is 7.95 Å². The maximum atomic E-state index is 10.3. The first-order chi connectivity index (χ1) is 2.80. The van der Waals surface area contributed by atoms with Crippen molar-refractivity contribution in [3.8, 4) is 0 Å². The molecule has 0 aromatic carbocycles. The van der Waals surface area contributed by atoms with E-state index in [9.17, 15) is 4.57 Å². The van der Waals surface area contributed by atoms with E-state index in [-0.39, 0.29) is 0 Å². The van der Waals surface area contributed by atoms with Gasteiger partial charge in [-0.3, -0.25) is 4.67 Å². The summed E-state index contributed by atoms with van der Waals surface area (Å²) in [6, 6.07) is 0. The Labute approximate surface area is 38.0 Å². The molecule has 1 fully saturated rings. The second-order valence-corrected chi connectivity index (χ2v) is 3.18. The van der Waals surface area contributed by atoms with Crippen LogP contribution in [-0.2, 0) is 4.57 Å². The van der Waals surface area contributed by atoms with Crippen molar-refractivity contribution < 1.29 is 4.57 Å². The summed E-state index contributed by atoms with van der Waals surface area (Å²) in [5.74, 6) is 0. The third-order valence-corrected chi connectivity index (χ3v) is 2.23. The lowest BCUT2D eigenvalue weighted by atomic mass is 11.0. The topological polar surface area (TPSA) is 20.1 Å². The lowest BCUT2D eigenvalue weighted by Crippen LogP contribution is -1.73. The summed E-state index contributed by atoms with van der Waals surface area (Å²) in [4.78, 5) is 0. The largest absolute Gasteiger partial charge is 0.310 e. The van der Waals surface area contributed by atoms with E-state index in [0.717, 1.165) is 13.1 Å². The molecular formula is C3H8NOP. The molecule has 0 amide bonds. The molecule has 0 aliphatic carbocycles. The molecule has 3 heteroatoms. The maximum Gasteiger partial charge on any atom is 0.135 e. The Morgan fingerprint density at radius 2 is 2.17 bits per heavy atom. The number of rotatable bonds is 1. The Morgan fingerprint density at radius 3 is 2.17 bits per heavy atom. The predicted octanol–water partition coefficient (Wildman–Crippen LogP) is 0.406. The van der Waals surface area contributed by atoms with Crippen LogP contribution in [-0.4, -0.2) is 24.4 Å². The maximum absolute atomic E-state index is 10.3. The van der Waals surface area contributed by atoms with Gasteiger partial charge in [-0.25, -0.2) is 0 Å². The SMILES string of the molecule is C[PH](=O)N1CC1. The van der Waals surface area contributed by atoms with Gasteiger partial charge < -0.3 is 4.57 Å². The average molecular weight is 105 g/mol. The fourth-order valence-electron chi connectivity index (χ4n) is 0.365. The van der Waals surface area contributed by atoms with Crippen LogP contribution in [0.4, 0.5) is 0 Å². The molecule has 6 heavy (non-hydrogen) atoms. The van der Waals surface area contributed by atoms with E-state index in [0.29, 0.717) is 0 Å². The number of hydrogen-bond acceptors (Lipinski definition) is 1. The van der Waals surface area contributed by atoms with Crippen LogP contribution in [0.2, 0.25) is 0 Å². The summed E-state index contributed by atoms with van der Waals surface area (Å²) < 4.78 is 12.3. The van der Waals surface area contributed by atoms with Crippen LogP contribution < -0.4 is 0 Å². The molecule has 0 bridgehead atoms. The van der Waals surface area contributed by atoms with E-state index in [1.165, 1.54) is 0 Å². The van der Waals surface area contributed by atoms with Crippen molar-refractivity contribution in [3.63, 3.8) is 0 Å². The van der Waals surface area contributed by atoms with Crippen LogP contribution in [0.1, 0.15) is 0 Å². The Morgan fingerprint density at radius 1 is 1.67 bits per heavy atom. The highest BCUT2D eigenvalue weighted by molar-refractivity contribution is 7.41. The van der Waals surface area contributed by atoms with Crippen LogP contribution in [0.15, 0.2) is 0 Å². The molecule has 1 aliphatic rings. The number of hydrogen-bond donors (Lipinski definition) is 0. The highest BCUT2D eigenvalue weighted by Gasteiger charge is 2.18. The summed E-state index contributed by atoms with van der Waals surface area (Å²) in [5, 5.41) is 0. The smallest absolute Gasteiger partial charge is 0.135 e. The van der Waals surface area contributed by atoms with Gasteiger partial charge >= 0.3 is 0 Å². The number of nitrogens with zero attached hydrogens (tertiary/aromatic N) is 1. The second kappa shape index (κ2) is 1.36. The zero-order valence-corrected chi connectivity index (χ0v) is 4.77. The molecule has 0 aromatic heterocycles. The predicted molar refractivity (Wildman–Crippen MR) is 26.5 cm³/mol. The van der Waals surface area contributed by atoms with E-state index < -0.39 is 7.95 Å². The standard InChI is InChI=1S/C3H8NOP/c1-6(5)4-2-3-4/h6H,2-3H2,1H3. The van der Waals surface area contributed by atoms with Gasteiger partial charge in [-0.2, -0.15) is 0 Å². The third kappa shape index (κ3) is 0.825. The summed E-state index contributed by atoms with van der Waals surface area (Å²) in [6.45, 7) is 3.90. The highest BCUT2D eigenvalue weighted by atomic mass is 31.1. The van der Waals surface area contributed by atoms with Gasteiger partial charge in [0.25, 0.3) is 0 Å². The van der Waals surface area contributed by atoms with Crippen molar-refractivity contribution in [2.75, 3.05) is 19.8 Å². The molecular weight excluding hydrogens is 97.0 g/mol. The van der Waals surface area contributed by atoms with Crippen molar-refractivity contribution in [2.45, 2.75) is 0 Å². The van der Waals surface area contributed by atoms with Gasteiger partial charge in [0.15, 0.2) is 0 Å². The zero-order valence-electron chi connectivity index (χ0n) is 3.77. The van der Waals surface area contributed by atoms with Gasteiger partial charge in [-0.15, -0.1) is 0 Å². The molecule has 2 nitrogen and oxygen atoms in total. The first-order valence-corrected chi connectivity index (χ1v) is 3.92. The lowest BCUT2D eigenvalue weighted by Gasteiger charge is -1.85.